The van der Waals surface area contributed by atoms with Crippen LogP contribution < -0.4 is 0 Å². The van der Waals surface area contributed by atoms with Gasteiger partial charge in [0.25, 0.3) is 0 Å². The summed E-state index contributed by atoms with van der Waals surface area (Å²) in [7, 11) is -0.252. The molecule has 0 saturated carbocycles. The van der Waals surface area contributed by atoms with Crippen molar-refractivity contribution in [3.05, 3.63) is 38.5 Å². The Hall–Kier alpha value is 7.79. The summed E-state index contributed by atoms with van der Waals surface area (Å²) in [6.45, 7) is 30.2. The molecule has 0 amide bonds. The molecule has 0 aliphatic carbocycles. The second kappa shape index (κ2) is 54.8. The van der Waals surface area contributed by atoms with Gasteiger partial charge in [-0.1, -0.05) is 0 Å². The zero-order chi connectivity index (χ0) is 19.2. The van der Waals surface area contributed by atoms with Gasteiger partial charge in [0.2, 0.25) is 0 Å². The van der Waals surface area contributed by atoms with E-state index in [-0.39, 0.29) is 217 Å². The van der Waals surface area contributed by atoms with E-state index in [0.717, 1.165) is 14.7 Å². The van der Waals surface area contributed by atoms with Gasteiger partial charge in [-0.05, 0) is 13.3 Å². The monoisotopic (exact) mass is 1330 g/mol. The molecule has 0 N–H and O–H groups in total. The molecule has 5 unspecified atom stereocenters. The van der Waals surface area contributed by atoms with Crippen LogP contribution in [0.1, 0.15) is 48.5 Å². The fourth-order valence-corrected chi connectivity index (χ4v) is 3.06. The van der Waals surface area contributed by atoms with Crippen LogP contribution in [0.25, 0.3) is 0 Å². The van der Waals surface area contributed by atoms with Crippen LogP contribution >= 0.6 is 16.4 Å². The van der Waals surface area contributed by atoms with E-state index in [2.05, 4.69) is 62.1 Å². The topological polar surface area (TPSA) is 17.1 Å². The third kappa shape index (κ3) is 71.3. The standard InChI is InChI=1S/C7H15OP.C7H15P.C6H12.3V.3W.3Y/c1-6(2)7(3)5-9(4)8;1-6(2)7(3)5-8-4;1-5(2)6(3)4;;;;;;;;;/h6,9H,1,5H2,2-4H3;6,8H,1,5H2,2-4H3;5H,1H2,2-4H3;;;;;;;;;/q3*-2;;;;;;;;;. The third-order valence-corrected chi connectivity index (χ3v) is 5.62. The molecule has 0 fully saturated rings. The molecular formula is C20H42OP2V3W3Y3-6. The molecule has 0 rings (SSSR count). The molecule has 12 heteroatoms. The summed E-state index contributed by atoms with van der Waals surface area (Å²) in [4.78, 5) is 0. The summed E-state index contributed by atoms with van der Waals surface area (Å²) < 4.78 is 10.7. The summed E-state index contributed by atoms with van der Waals surface area (Å²) in [5, 5.41) is 0. The van der Waals surface area contributed by atoms with Gasteiger partial charge in [0.1, 0.15) is 0 Å². The summed E-state index contributed by atoms with van der Waals surface area (Å²) in [6, 6.07) is 0. The van der Waals surface area contributed by atoms with Crippen LogP contribution in [0.4, 0.5) is 0 Å². The van der Waals surface area contributed by atoms with Gasteiger partial charge in [-0.15, -0.1) is 26.9 Å². The zero-order valence-corrected chi connectivity index (χ0v) is 45.0. The molecule has 0 bridgehead atoms. The van der Waals surface area contributed by atoms with Crippen molar-refractivity contribution in [1.29, 1.82) is 0 Å². The Kier molecular flexibility index (Phi) is 133. The summed E-state index contributed by atoms with van der Waals surface area (Å²) in [5.41, 5.74) is 0. The van der Waals surface area contributed by atoms with Crippen molar-refractivity contribution in [1.82, 2.24) is 0 Å². The fourth-order valence-electron chi connectivity index (χ4n) is 1.02. The number of rotatable bonds is 7. The normalized spacial score (nSPS) is 12.0. The Morgan fingerprint density at radius 1 is 0.750 bits per heavy atom. The Morgan fingerprint density at radius 2 is 1.00 bits per heavy atom. The minimum absolute atomic E-state index is 0. The average Bonchev–Trinajstić information content (AvgIpc) is 2.39. The van der Waals surface area contributed by atoms with Crippen molar-refractivity contribution in [3.8, 4) is 0 Å². The van der Waals surface area contributed by atoms with Gasteiger partial charge in [-0.2, -0.15) is 42.4 Å². The molecule has 0 aromatic heterocycles. The SMILES string of the molecule is [CH2-]C(C)[C-](C)C.[CH2-]C(C)[C-](C)CPC.[CH2-]C(C)[C-](C)C[PH](C)=O.[V].[V].[V].[W].[W].[W].[Y].[Y].[Y]. The third-order valence-electron chi connectivity index (χ3n) is 3.65. The van der Waals surface area contributed by atoms with E-state index in [1.807, 2.05) is 13.8 Å². The maximum atomic E-state index is 10.7. The van der Waals surface area contributed by atoms with E-state index in [1.54, 1.807) is 6.66 Å². The van der Waals surface area contributed by atoms with Crippen LogP contribution in [-0.2, 0) is 222 Å². The maximum absolute atomic E-state index is 10.7. The van der Waals surface area contributed by atoms with Crippen LogP contribution in [0.5, 0.6) is 0 Å². The molecule has 5 atom stereocenters. The van der Waals surface area contributed by atoms with Crippen LogP contribution in [0.15, 0.2) is 0 Å². The van der Waals surface area contributed by atoms with Crippen molar-refractivity contribution in [3.63, 3.8) is 0 Å². The van der Waals surface area contributed by atoms with Gasteiger partial charge in [0, 0.05) is 225 Å². The molecule has 0 aromatic carbocycles. The van der Waals surface area contributed by atoms with Crippen molar-refractivity contribution in [2.24, 2.45) is 17.8 Å². The van der Waals surface area contributed by atoms with Crippen molar-refractivity contribution >= 4 is 16.4 Å². The van der Waals surface area contributed by atoms with Gasteiger partial charge in [-0.25, -0.2) is 0 Å². The predicted octanol–water partition coefficient (Wildman–Crippen LogP) is 6.65. The molecule has 0 spiro atoms. The first-order chi connectivity index (χ1) is 10.4. The number of hydrogen-bond acceptors (Lipinski definition) is 1. The Labute approximate surface area is 361 Å². The van der Waals surface area contributed by atoms with Crippen molar-refractivity contribution in [2.45, 2.75) is 48.5 Å². The van der Waals surface area contributed by atoms with Crippen molar-refractivity contribution in [2.75, 3.05) is 25.7 Å². The van der Waals surface area contributed by atoms with E-state index in [1.165, 1.54) is 23.9 Å². The summed E-state index contributed by atoms with van der Waals surface area (Å²) in [5.74, 6) is 5.59. The zero-order valence-electron chi connectivity index (χ0n) is 21.5. The van der Waals surface area contributed by atoms with E-state index in [0.29, 0.717) is 17.8 Å². The first-order valence-electron chi connectivity index (χ1n) is 8.44. The van der Waals surface area contributed by atoms with Crippen LogP contribution in [0.2, 0.25) is 0 Å². The summed E-state index contributed by atoms with van der Waals surface area (Å²) in [6.07, 6.45) is 2.04. The van der Waals surface area contributed by atoms with E-state index >= 15 is 0 Å². The molecule has 32 heavy (non-hydrogen) atoms. The quantitative estimate of drug-likeness (QED) is 0.207. The Balaban J connectivity index is -0.0000000166. The van der Waals surface area contributed by atoms with Gasteiger partial charge < -0.3 is 60.8 Å². The first-order valence-corrected chi connectivity index (χ1v) is 12.3. The molecule has 1 nitrogen and oxygen atoms in total. The number of hydrogen-bond donors (Lipinski definition) is 0. The summed E-state index contributed by atoms with van der Waals surface area (Å²) >= 11 is 0. The van der Waals surface area contributed by atoms with Gasteiger partial charge in [0.15, 0.2) is 0 Å². The van der Waals surface area contributed by atoms with Crippen LogP contribution in [0, 0.1) is 56.3 Å². The minimum atomic E-state index is -1.31. The van der Waals surface area contributed by atoms with Crippen molar-refractivity contribution < 1.29 is 222 Å². The molecule has 0 aliphatic rings. The first kappa shape index (κ1) is 77.5. The van der Waals surface area contributed by atoms with E-state index in [4.69, 9.17) is 0 Å². The molecule has 0 heterocycles. The fraction of sp³-hybridized carbons (Fsp3) is 0.700. The molecular weight excluding hydrogens is 1290 g/mol. The van der Waals surface area contributed by atoms with Gasteiger partial charge in [-0.3, -0.25) is 0 Å². The van der Waals surface area contributed by atoms with Gasteiger partial charge >= 0.3 is 0 Å². The predicted molar refractivity (Wildman–Crippen MR) is 115 cm³/mol. The van der Waals surface area contributed by atoms with Crippen LogP contribution in [-0.4, -0.2) is 25.7 Å². The molecule has 0 aromatic rings. The molecule has 0 aliphatic heterocycles. The average molecular weight is 1330 g/mol. The molecule has 6 radical (unpaired) electrons. The maximum Gasteiger partial charge on any atom is 0.0454 e. The van der Waals surface area contributed by atoms with Gasteiger partial charge in [0.05, 0.1) is 0 Å². The van der Waals surface area contributed by atoms with Crippen LogP contribution in [0.3, 0.4) is 0 Å². The Bertz CT molecular complexity index is 296. The minimum Gasteiger partial charge on any atom is -0.369 e. The smallest absolute Gasteiger partial charge is 0.0454 e. The second-order valence-corrected chi connectivity index (χ2v) is 9.70. The molecule has 186 valence electrons. The Morgan fingerprint density at radius 3 is 1.06 bits per heavy atom. The second-order valence-electron chi connectivity index (χ2n) is 6.88. The molecule has 0 saturated heterocycles. The van der Waals surface area contributed by atoms with E-state index < -0.39 is 7.80 Å². The van der Waals surface area contributed by atoms with E-state index in [9.17, 15) is 4.57 Å². The largest absolute Gasteiger partial charge is 0.369 e.